The van der Waals surface area contributed by atoms with Gasteiger partial charge in [0.05, 0.1) is 17.8 Å². The van der Waals surface area contributed by atoms with Crippen molar-refractivity contribution in [2.45, 2.75) is 38.9 Å². The van der Waals surface area contributed by atoms with Crippen LogP contribution in [0.15, 0.2) is 18.2 Å². The molecule has 2 rings (SSSR count). The maximum atomic E-state index is 12.0. The molecule has 98 valence electrons. The van der Waals surface area contributed by atoms with Gasteiger partial charge in [0, 0.05) is 3.57 Å². The summed E-state index contributed by atoms with van der Waals surface area (Å²) in [5.74, 6) is -0.258. The van der Waals surface area contributed by atoms with Gasteiger partial charge < -0.3 is 9.47 Å². The van der Waals surface area contributed by atoms with Gasteiger partial charge in [-0.1, -0.05) is 12.1 Å². The van der Waals surface area contributed by atoms with Gasteiger partial charge in [0.1, 0.15) is 6.61 Å². The topological polar surface area (TPSA) is 35.5 Å². The fourth-order valence-corrected chi connectivity index (χ4v) is 2.64. The molecule has 1 aromatic rings. The monoisotopic (exact) mass is 360 g/mol. The summed E-state index contributed by atoms with van der Waals surface area (Å²) in [4.78, 5) is 12.0. The van der Waals surface area contributed by atoms with Crippen molar-refractivity contribution in [3.8, 4) is 0 Å². The second-order valence-electron chi connectivity index (χ2n) is 4.68. The molecule has 3 nitrogen and oxygen atoms in total. The minimum absolute atomic E-state index is 0.0615. The molecule has 1 saturated heterocycles. The van der Waals surface area contributed by atoms with Crippen LogP contribution >= 0.6 is 22.6 Å². The van der Waals surface area contributed by atoms with Crippen molar-refractivity contribution < 1.29 is 14.3 Å². The highest BCUT2D eigenvalue weighted by Gasteiger charge is 2.23. The standard InChI is InChI=1S/C14H17IO3/c1-9-4-3-5-12(13(9)15)14(16)17-8-11-7-6-10(2)18-11/h3-5,10-11H,6-8H2,1-2H3/t10-,11-/m1/s1. The Hall–Kier alpha value is -0.620. The minimum Gasteiger partial charge on any atom is -0.459 e. The molecular formula is C14H17IO3. The van der Waals surface area contributed by atoms with Crippen LogP contribution in [0.1, 0.15) is 35.7 Å². The molecule has 0 N–H and O–H groups in total. The molecule has 1 fully saturated rings. The van der Waals surface area contributed by atoms with E-state index in [1.165, 1.54) is 0 Å². The number of hydrogen-bond donors (Lipinski definition) is 0. The number of aryl methyl sites for hydroxylation is 1. The zero-order valence-electron chi connectivity index (χ0n) is 10.6. The third kappa shape index (κ3) is 3.23. The molecule has 0 unspecified atom stereocenters. The van der Waals surface area contributed by atoms with Crippen LogP contribution < -0.4 is 0 Å². The number of carbonyl (C=O) groups is 1. The molecule has 0 aromatic heterocycles. The number of halogens is 1. The summed E-state index contributed by atoms with van der Waals surface area (Å²) in [5.41, 5.74) is 1.73. The fourth-order valence-electron chi connectivity index (χ4n) is 2.06. The Morgan fingerprint density at radius 1 is 1.50 bits per heavy atom. The van der Waals surface area contributed by atoms with E-state index in [1.54, 1.807) is 6.07 Å². The fraction of sp³-hybridized carbons (Fsp3) is 0.500. The van der Waals surface area contributed by atoms with E-state index >= 15 is 0 Å². The second kappa shape index (κ2) is 6.02. The van der Waals surface area contributed by atoms with E-state index in [9.17, 15) is 4.79 Å². The normalized spacial score (nSPS) is 23.1. The molecular weight excluding hydrogens is 343 g/mol. The van der Waals surface area contributed by atoms with Gasteiger partial charge >= 0.3 is 5.97 Å². The number of esters is 1. The zero-order valence-corrected chi connectivity index (χ0v) is 12.8. The van der Waals surface area contributed by atoms with Gasteiger partial charge in [-0.25, -0.2) is 4.79 Å². The Kier molecular flexibility index (Phi) is 4.61. The lowest BCUT2D eigenvalue weighted by Crippen LogP contribution is -2.19. The summed E-state index contributed by atoms with van der Waals surface area (Å²) >= 11 is 2.18. The molecule has 2 atom stereocenters. The van der Waals surface area contributed by atoms with Crippen molar-refractivity contribution in [2.24, 2.45) is 0 Å². The lowest BCUT2D eigenvalue weighted by Gasteiger charge is -2.12. The molecule has 18 heavy (non-hydrogen) atoms. The highest BCUT2D eigenvalue weighted by Crippen LogP contribution is 2.21. The molecule has 0 amide bonds. The first-order valence-corrected chi connectivity index (χ1v) is 7.23. The van der Waals surface area contributed by atoms with Crippen LogP contribution in [0.5, 0.6) is 0 Å². The first-order chi connectivity index (χ1) is 8.58. The molecule has 1 heterocycles. The zero-order chi connectivity index (χ0) is 13.1. The summed E-state index contributed by atoms with van der Waals surface area (Å²) in [5, 5.41) is 0. The summed E-state index contributed by atoms with van der Waals surface area (Å²) in [7, 11) is 0. The van der Waals surface area contributed by atoms with Crippen LogP contribution in [0.25, 0.3) is 0 Å². The van der Waals surface area contributed by atoms with Gasteiger partial charge in [0.25, 0.3) is 0 Å². The van der Waals surface area contributed by atoms with E-state index in [2.05, 4.69) is 22.6 Å². The van der Waals surface area contributed by atoms with E-state index in [1.807, 2.05) is 26.0 Å². The average Bonchev–Trinajstić information content (AvgIpc) is 2.76. The maximum absolute atomic E-state index is 12.0. The molecule has 4 heteroatoms. The maximum Gasteiger partial charge on any atom is 0.339 e. The van der Waals surface area contributed by atoms with Gasteiger partial charge in [0.2, 0.25) is 0 Å². The minimum atomic E-state index is -0.258. The van der Waals surface area contributed by atoms with E-state index in [-0.39, 0.29) is 18.2 Å². The highest BCUT2D eigenvalue weighted by molar-refractivity contribution is 14.1. The summed E-state index contributed by atoms with van der Waals surface area (Å²) < 4.78 is 11.9. The van der Waals surface area contributed by atoms with Crippen molar-refractivity contribution in [3.63, 3.8) is 0 Å². The third-order valence-corrected chi connectivity index (χ3v) is 4.56. The number of hydrogen-bond acceptors (Lipinski definition) is 3. The van der Waals surface area contributed by atoms with Gasteiger partial charge in [0.15, 0.2) is 0 Å². The molecule has 1 aliphatic rings. The van der Waals surface area contributed by atoms with Crippen molar-refractivity contribution in [2.75, 3.05) is 6.61 Å². The molecule has 0 aliphatic carbocycles. The van der Waals surface area contributed by atoms with Gasteiger partial charge in [-0.05, 0) is 60.9 Å². The predicted molar refractivity (Wildman–Crippen MR) is 77.7 cm³/mol. The van der Waals surface area contributed by atoms with Crippen molar-refractivity contribution >= 4 is 28.6 Å². The predicted octanol–water partition coefficient (Wildman–Crippen LogP) is 3.32. The van der Waals surface area contributed by atoms with Crippen molar-refractivity contribution in [3.05, 3.63) is 32.9 Å². The smallest absolute Gasteiger partial charge is 0.339 e. The molecule has 0 spiro atoms. The van der Waals surface area contributed by atoms with E-state index in [0.29, 0.717) is 12.2 Å². The van der Waals surface area contributed by atoms with Gasteiger partial charge in [-0.3, -0.25) is 0 Å². The summed E-state index contributed by atoms with van der Waals surface area (Å²) in [6.07, 6.45) is 2.36. The first-order valence-electron chi connectivity index (χ1n) is 6.15. The van der Waals surface area contributed by atoms with E-state index in [4.69, 9.17) is 9.47 Å². The summed E-state index contributed by atoms with van der Waals surface area (Å²) in [6.45, 7) is 4.39. The highest BCUT2D eigenvalue weighted by atomic mass is 127. The molecule has 1 aliphatic heterocycles. The molecule has 0 bridgehead atoms. The lowest BCUT2D eigenvalue weighted by atomic mass is 10.1. The van der Waals surface area contributed by atoms with Crippen LogP contribution in [-0.2, 0) is 9.47 Å². The van der Waals surface area contributed by atoms with Crippen LogP contribution in [0, 0.1) is 10.5 Å². The van der Waals surface area contributed by atoms with E-state index < -0.39 is 0 Å². The van der Waals surface area contributed by atoms with Crippen molar-refractivity contribution in [1.82, 2.24) is 0 Å². The largest absolute Gasteiger partial charge is 0.459 e. The first kappa shape index (κ1) is 13.8. The third-order valence-electron chi connectivity index (χ3n) is 3.13. The van der Waals surface area contributed by atoms with Crippen LogP contribution in [0.2, 0.25) is 0 Å². The number of ether oxygens (including phenoxy) is 2. The van der Waals surface area contributed by atoms with Crippen LogP contribution in [0.4, 0.5) is 0 Å². The molecule has 0 radical (unpaired) electrons. The second-order valence-corrected chi connectivity index (χ2v) is 5.76. The van der Waals surface area contributed by atoms with Crippen molar-refractivity contribution in [1.29, 1.82) is 0 Å². The Balaban J connectivity index is 1.94. The average molecular weight is 360 g/mol. The Labute approximate surface area is 121 Å². The SMILES string of the molecule is Cc1cccc(C(=O)OC[C@H]2CC[C@@H](C)O2)c1I. The Morgan fingerprint density at radius 2 is 2.28 bits per heavy atom. The van der Waals surface area contributed by atoms with Gasteiger partial charge in [-0.2, -0.15) is 0 Å². The van der Waals surface area contributed by atoms with Crippen LogP contribution in [-0.4, -0.2) is 24.8 Å². The quantitative estimate of drug-likeness (QED) is 0.613. The molecule has 1 aromatic carbocycles. The lowest BCUT2D eigenvalue weighted by molar-refractivity contribution is -0.00272. The molecule has 0 saturated carbocycles. The number of rotatable bonds is 3. The number of benzene rings is 1. The Bertz CT molecular complexity index is 445. The van der Waals surface area contributed by atoms with Crippen LogP contribution in [0.3, 0.4) is 0 Å². The van der Waals surface area contributed by atoms with E-state index in [0.717, 1.165) is 22.0 Å². The summed E-state index contributed by atoms with van der Waals surface area (Å²) in [6, 6.07) is 5.66. The Morgan fingerprint density at radius 3 is 2.94 bits per heavy atom. The van der Waals surface area contributed by atoms with Gasteiger partial charge in [-0.15, -0.1) is 0 Å². The number of carbonyl (C=O) groups excluding carboxylic acids is 1.